The molecule has 0 saturated heterocycles. The summed E-state index contributed by atoms with van der Waals surface area (Å²) in [4.78, 5) is 22.8. The van der Waals surface area contributed by atoms with E-state index in [9.17, 15) is 14.9 Å². The van der Waals surface area contributed by atoms with Crippen molar-refractivity contribution in [2.75, 3.05) is 0 Å². The lowest BCUT2D eigenvalue weighted by Gasteiger charge is -2.00. The van der Waals surface area contributed by atoms with Gasteiger partial charge in [0.05, 0.1) is 4.92 Å². The molecule has 0 unspecified atom stereocenters. The molecule has 0 bridgehead atoms. The predicted molar refractivity (Wildman–Crippen MR) is 107 cm³/mol. The zero-order chi connectivity index (χ0) is 19.0. The smallest absolute Gasteiger partial charge is 0.269 e. The van der Waals surface area contributed by atoms with Crippen LogP contribution in [0.5, 0.6) is 0 Å². The summed E-state index contributed by atoms with van der Waals surface area (Å²) < 4.78 is 2.12. The first-order valence-electron chi connectivity index (χ1n) is 8.48. The van der Waals surface area contributed by atoms with E-state index in [1.165, 1.54) is 18.2 Å². The van der Waals surface area contributed by atoms with E-state index in [4.69, 9.17) is 0 Å². The van der Waals surface area contributed by atoms with Gasteiger partial charge in [0.15, 0.2) is 5.78 Å². The molecule has 0 atom stereocenters. The number of ketones is 1. The van der Waals surface area contributed by atoms with Crippen molar-refractivity contribution in [3.63, 3.8) is 0 Å². The SMILES string of the molecule is Cn1c2ccccc2c2cc(C(=O)/C=C/c3ccc([N+](=O)[O-])cc3)ccc21. The fraction of sp³-hybridized carbons (Fsp3) is 0.0455. The minimum Gasteiger partial charge on any atom is -0.344 e. The topological polar surface area (TPSA) is 65.1 Å². The maximum absolute atomic E-state index is 12.6. The lowest BCUT2D eigenvalue weighted by Crippen LogP contribution is -1.94. The van der Waals surface area contributed by atoms with Crippen LogP contribution in [0.3, 0.4) is 0 Å². The Morgan fingerprint density at radius 2 is 1.67 bits per heavy atom. The number of non-ortho nitro benzene ring substituents is 1. The van der Waals surface area contributed by atoms with Crippen LogP contribution in [0.1, 0.15) is 15.9 Å². The van der Waals surface area contributed by atoms with Gasteiger partial charge in [-0.2, -0.15) is 0 Å². The van der Waals surface area contributed by atoms with E-state index in [0.29, 0.717) is 5.56 Å². The Balaban J connectivity index is 1.66. The molecule has 3 aromatic carbocycles. The molecule has 5 nitrogen and oxygen atoms in total. The van der Waals surface area contributed by atoms with Crippen molar-refractivity contribution in [2.24, 2.45) is 7.05 Å². The summed E-state index contributed by atoms with van der Waals surface area (Å²) in [6.07, 6.45) is 3.16. The molecule has 0 amide bonds. The van der Waals surface area contributed by atoms with Crippen molar-refractivity contribution in [3.8, 4) is 0 Å². The number of nitrogens with zero attached hydrogens (tertiary/aromatic N) is 2. The molecule has 4 aromatic rings. The van der Waals surface area contributed by atoms with Crippen molar-refractivity contribution in [1.82, 2.24) is 4.57 Å². The van der Waals surface area contributed by atoms with Gasteiger partial charge in [0, 0.05) is 46.5 Å². The largest absolute Gasteiger partial charge is 0.344 e. The summed E-state index contributed by atoms with van der Waals surface area (Å²) in [6, 6.07) is 19.9. The zero-order valence-corrected chi connectivity index (χ0v) is 14.6. The molecule has 27 heavy (non-hydrogen) atoms. The summed E-state index contributed by atoms with van der Waals surface area (Å²) in [5, 5.41) is 12.9. The number of fused-ring (bicyclic) bond motifs is 3. The van der Waals surface area contributed by atoms with Crippen molar-refractivity contribution < 1.29 is 9.72 Å². The van der Waals surface area contributed by atoms with Gasteiger partial charge in [-0.3, -0.25) is 14.9 Å². The van der Waals surface area contributed by atoms with Crippen molar-refractivity contribution in [2.45, 2.75) is 0 Å². The third-order valence-corrected chi connectivity index (χ3v) is 4.73. The summed E-state index contributed by atoms with van der Waals surface area (Å²) in [6.45, 7) is 0. The van der Waals surface area contributed by atoms with Crippen LogP contribution < -0.4 is 0 Å². The number of hydrogen-bond donors (Lipinski definition) is 0. The van der Waals surface area contributed by atoms with Crippen LogP contribution >= 0.6 is 0 Å². The van der Waals surface area contributed by atoms with Crippen LogP contribution in [0, 0.1) is 10.1 Å². The van der Waals surface area contributed by atoms with Gasteiger partial charge in [0.25, 0.3) is 5.69 Å². The molecule has 0 aliphatic rings. The van der Waals surface area contributed by atoms with Crippen LogP contribution in [-0.4, -0.2) is 15.3 Å². The van der Waals surface area contributed by atoms with Crippen LogP contribution in [0.25, 0.3) is 27.9 Å². The van der Waals surface area contributed by atoms with Crippen molar-refractivity contribution >= 4 is 39.4 Å². The van der Waals surface area contributed by atoms with E-state index >= 15 is 0 Å². The quantitative estimate of drug-likeness (QED) is 0.220. The zero-order valence-electron chi connectivity index (χ0n) is 14.6. The summed E-state index contributed by atoms with van der Waals surface area (Å²) >= 11 is 0. The number of carbonyl (C=O) groups is 1. The Hall–Kier alpha value is -3.73. The van der Waals surface area contributed by atoms with Gasteiger partial charge in [0.1, 0.15) is 0 Å². The van der Waals surface area contributed by atoms with Crippen LogP contribution in [-0.2, 0) is 7.05 Å². The lowest BCUT2D eigenvalue weighted by molar-refractivity contribution is -0.384. The predicted octanol–water partition coefficient (Wildman–Crippen LogP) is 5.14. The number of carbonyl (C=O) groups excluding carboxylic acids is 1. The number of allylic oxidation sites excluding steroid dienone is 1. The molecule has 0 aliphatic carbocycles. The highest BCUT2D eigenvalue weighted by Crippen LogP contribution is 2.28. The first kappa shape index (κ1) is 16.7. The monoisotopic (exact) mass is 356 g/mol. The number of hydrogen-bond acceptors (Lipinski definition) is 3. The highest BCUT2D eigenvalue weighted by atomic mass is 16.6. The van der Waals surface area contributed by atoms with Gasteiger partial charge in [-0.1, -0.05) is 24.3 Å². The fourth-order valence-electron chi connectivity index (χ4n) is 3.30. The molecule has 0 aliphatic heterocycles. The highest BCUT2D eigenvalue weighted by Gasteiger charge is 2.10. The number of nitro groups is 1. The minimum atomic E-state index is -0.446. The Labute approximate surface area is 155 Å². The minimum absolute atomic E-state index is 0.0277. The first-order chi connectivity index (χ1) is 13.0. The molecular weight excluding hydrogens is 340 g/mol. The molecule has 5 heteroatoms. The molecular formula is C22H16N2O3. The van der Waals surface area contributed by atoms with E-state index < -0.39 is 4.92 Å². The van der Waals surface area contributed by atoms with E-state index in [-0.39, 0.29) is 11.5 Å². The average Bonchev–Trinajstić information content (AvgIpc) is 2.98. The van der Waals surface area contributed by atoms with Crippen molar-refractivity contribution in [1.29, 1.82) is 0 Å². The average molecular weight is 356 g/mol. The normalized spacial score (nSPS) is 11.4. The molecule has 0 saturated carbocycles. The summed E-state index contributed by atoms with van der Waals surface area (Å²) in [7, 11) is 2.01. The lowest BCUT2D eigenvalue weighted by atomic mass is 10.1. The number of nitro benzene ring substituents is 1. The Morgan fingerprint density at radius 3 is 2.41 bits per heavy atom. The van der Waals surface area contributed by atoms with Crippen LogP contribution in [0.4, 0.5) is 5.69 Å². The molecule has 4 rings (SSSR count). The molecule has 0 spiro atoms. The Kier molecular flexibility index (Phi) is 4.05. The Morgan fingerprint density at radius 1 is 0.963 bits per heavy atom. The Bertz CT molecular complexity index is 1220. The fourth-order valence-corrected chi connectivity index (χ4v) is 3.30. The second-order valence-corrected chi connectivity index (χ2v) is 6.35. The highest BCUT2D eigenvalue weighted by molar-refractivity contribution is 6.13. The molecule has 132 valence electrons. The summed E-state index contributed by atoms with van der Waals surface area (Å²) in [5.41, 5.74) is 3.57. The van der Waals surface area contributed by atoms with Gasteiger partial charge in [0.2, 0.25) is 0 Å². The molecule has 0 N–H and O–H groups in total. The van der Waals surface area contributed by atoms with E-state index in [2.05, 4.69) is 16.7 Å². The molecule has 0 fully saturated rings. The first-order valence-corrected chi connectivity index (χ1v) is 8.48. The van der Waals surface area contributed by atoms with Crippen LogP contribution in [0.2, 0.25) is 0 Å². The van der Waals surface area contributed by atoms with Gasteiger partial charge in [-0.05, 0) is 48.0 Å². The maximum Gasteiger partial charge on any atom is 0.269 e. The number of rotatable bonds is 4. The van der Waals surface area contributed by atoms with Gasteiger partial charge in [-0.15, -0.1) is 0 Å². The van der Waals surface area contributed by atoms with E-state index in [1.54, 1.807) is 18.2 Å². The summed E-state index contributed by atoms with van der Waals surface area (Å²) in [5.74, 6) is -0.108. The second kappa shape index (κ2) is 6.53. The third kappa shape index (κ3) is 3.00. The maximum atomic E-state index is 12.6. The van der Waals surface area contributed by atoms with E-state index in [1.807, 2.05) is 37.4 Å². The number of aryl methyl sites for hydroxylation is 1. The third-order valence-electron chi connectivity index (χ3n) is 4.73. The number of aromatic nitrogens is 1. The van der Waals surface area contributed by atoms with Gasteiger partial charge >= 0.3 is 0 Å². The molecule has 0 radical (unpaired) electrons. The molecule has 1 heterocycles. The number of para-hydroxylation sites is 1. The van der Waals surface area contributed by atoms with Crippen LogP contribution in [0.15, 0.2) is 72.8 Å². The second-order valence-electron chi connectivity index (χ2n) is 6.35. The van der Waals surface area contributed by atoms with E-state index in [0.717, 1.165) is 27.4 Å². The standard InChI is InChI=1S/C22H16N2O3/c1-23-20-5-3-2-4-18(20)19-14-16(9-12-21(19)23)22(25)13-8-15-6-10-17(11-7-15)24(26)27/h2-14H,1H3/b13-8+. The molecule has 1 aromatic heterocycles. The van der Waals surface area contributed by atoms with Crippen molar-refractivity contribution in [3.05, 3.63) is 94.0 Å². The van der Waals surface area contributed by atoms with Gasteiger partial charge < -0.3 is 4.57 Å². The number of benzene rings is 3. The van der Waals surface area contributed by atoms with Gasteiger partial charge in [-0.25, -0.2) is 0 Å².